The first-order valence-electron chi connectivity index (χ1n) is 9.26. The molecule has 0 saturated carbocycles. The molecule has 2 amide bonds. The van der Waals surface area contributed by atoms with Gasteiger partial charge < -0.3 is 10.2 Å². The highest BCUT2D eigenvalue weighted by Gasteiger charge is 2.22. The molecule has 27 heavy (non-hydrogen) atoms. The van der Waals surface area contributed by atoms with Gasteiger partial charge in [-0.3, -0.25) is 0 Å². The number of likely N-dealkylation sites (tertiary alicyclic amines) is 1. The van der Waals surface area contributed by atoms with Crippen LogP contribution in [-0.2, 0) is 9.84 Å². The highest BCUT2D eigenvalue weighted by Crippen LogP contribution is 2.28. The zero-order valence-corrected chi connectivity index (χ0v) is 16.6. The Balaban J connectivity index is 1.68. The largest absolute Gasteiger partial charge is 0.325 e. The fraction of sp³-hybridized carbons (Fsp3) is 0.381. The van der Waals surface area contributed by atoms with Crippen LogP contribution in [-0.4, -0.2) is 38.7 Å². The van der Waals surface area contributed by atoms with Gasteiger partial charge in [0.2, 0.25) is 0 Å². The Morgan fingerprint density at radius 2 is 1.81 bits per heavy atom. The van der Waals surface area contributed by atoms with Crippen molar-refractivity contribution in [3.63, 3.8) is 0 Å². The molecule has 5 nitrogen and oxygen atoms in total. The van der Waals surface area contributed by atoms with Crippen molar-refractivity contribution in [3.05, 3.63) is 59.7 Å². The summed E-state index contributed by atoms with van der Waals surface area (Å²) in [6.45, 7) is 3.26. The number of benzene rings is 2. The van der Waals surface area contributed by atoms with Gasteiger partial charge in [0, 0.05) is 25.0 Å². The Hall–Kier alpha value is -2.34. The third-order valence-corrected chi connectivity index (χ3v) is 6.28. The third-order valence-electron chi connectivity index (χ3n) is 5.17. The summed E-state index contributed by atoms with van der Waals surface area (Å²) in [6, 6.07) is 15.1. The summed E-state index contributed by atoms with van der Waals surface area (Å²) in [5.41, 5.74) is 2.72. The number of carbonyl (C=O) groups is 1. The zero-order valence-electron chi connectivity index (χ0n) is 15.8. The molecule has 0 aromatic heterocycles. The van der Waals surface area contributed by atoms with Crippen molar-refractivity contribution in [2.24, 2.45) is 0 Å². The van der Waals surface area contributed by atoms with E-state index in [9.17, 15) is 13.2 Å². The maximum Gasteiger partial charge on any atom is 0.321 e. The molecule has 1 N–H and O–H groups in total. The average molecular weight is 387 g/mol. The Bertz CT molecular complexity index is 910. The maximum atomic E-state index is 12.7. The molecule has 1 atom stereocenters. The second kappa shape index (κ2) is 8.13. The van der Waals surface area contributed by atoms with Gasteiger partial charge in [-0.05, 0) is 55.4 Å². The standard InChI is InChI=1S/C21H26N2O3S/c1-16-10-11-19(27(2,25)26)15-20(16)22-21(24)23-13-6-9-18(12-14-23)17-7-4-3-5-8-17/h3-5,7-8,10-11,15,18H,6,9,12-14H2,1-2H3,(H,22,24). The lowest BCUT2D eigenvalue weighted by Crippen LogP contribution is -2.35. The first-order chi connectivity index (χ1) is 12.8. The fourth-order valence-electron chi connectivity index (χ4n) is 3.52. The van der Waals surface area contributed by atoms with Crippen molar-refractivity contribution in [3.8, 4) is 0 Å². The summed E-state index contributed by atoms with van der Waals surface area (Å²) in [7, 11) is -3.31. The van der Waals surface area contributed by atoms with Gasteiger partial charge in [0.05, 0.1) is 4.90 Å². The van der Waals surface area contributed by atoms with Crippen LogP contribution < -0.4 is 5.32 Å². The quantitative estimate of drug-likeness (QED) is 0.860. The van der Waals surface area contributed by atoms with Crippen LogP contribution in [0.15, 0.2) is 53.4 Å². The van der Waals surface area contributed by atoms with Gasteiger partial charge in [0.1, 0.15) is 0 Å². The number of nitrogens with zero attached hydrogens (tertiary/aromatic N) is 1. The van der Waals surface area contributed by atoms with Crippen LogP contribution in [0.1, 0.15) is 36.3 Å². The molecule has 1 aliphatic heterocycles. The molecule has 2 aromatic rings. The first-order valence-corrected chi connectivity index (χ1v) is 11.2. The number of aryl methyl sites for hydroxylation is 1. The smallest absolute Gasteiger partial charge is 0.321 e. The van der Waals surface area contributed by atoms with Crippen molar-refractivity contribution >= 4 is 21.6 Å². The first kappa shape index (κ1) is 19.4. The highest BCUT2D eigenvalue weighted by molar-refractivity contribution is 7.90. The number of nitrogens with one attached hydrogen (secondary N) is 1. The van der Waals surface area contributed by atoms with Crippen LogP contribution >= 0.6 is 0 Å². The molecule has 1 aliphatic rings. The van der Waals surface area contributed by atoms with E-state index < -0.39 is 9.84 Å². The Labute approximate surface area is 161 Å². The third kappa shape index (κ3) is 4.89. The molecule has 2 aromatic carbocycles. The second-order valence-electron chi connectivity index (χ2n) is 7.20. The van der Waals surface area contributed by atoms with Crippen LogP contribution in [0.2, 0.25) is 0 Å². The summed E-state index contributed by atoms with van der Waals surface area (Å²) in [5, 5.41) is 2.90. The highest BCUT2D eigenvalue weighted by atomic mass is 32.2. The van der Waals surface area contributed by atoms with Crippen LogP contribution in [0.25, 0.3) is 0 Å². The molecule has 0 spiro atoms. The number of rotatable bonds is 3. The van der Waals surface area contributed by atoms with E-state index in [4.69, 9.17) is 0 Å². The minimum atomic E-state index is -3.31. The van der Waals surface area contributed by atoms with Gasteiger partial charge in [-0.15, -0.1) is 0 Å². The molecule has 144 valence electrons. The minimum Gasteiger partial charge on any atom is -0.325 e. The van der Waals surface area contributed by atoms with Crippen molar-refractivity contribution in [2.45, 2.75) is 37.0 Å². The number of anilines is 1. The summed E-state index contributed by atoms with van der Waals surface area (Å²) in [6.07, 6.45) is 4.12. The van der Waals surface area contributed by atoms with E-state index in [-0.39, 0.29) is 10.9 Å². The van der Waals surface area contributed by atoms with Crippen molar-refractivity contribution in [1.29, 1.82) is 0 Å². The van der Waals surface area contributed by atoms with Crippen LogP contribution in [0.4, 0.5) is 10.5 Å². The minimum absolute atomic E-state index is 0.169. The number of hydrogen-bond donors (Lipinski definition) is 1. The molecule has 1 fully saturated rings. The maximum absolute atomic E-state index is 12.7. The van der Waals surface area contributed by atoms with Gasteiger partial charge in [-0.2, -0.15) is 0 Å². The molecule has 0 aliphatic carbocycles. The van der Waals surface area contributed by atoms with Crippen molar-refractivity contribution in [2.75, 3.05) is 24.7 Å². The molecule has 0 bridgehead atoms. The molecule has 3 rings (SSSR count). The van der Waals surface area contributed by atoms with Crippen LogP contribution in [0.3, 0.4) is 0 Å². The predicted octanol–water partition coefficient (Wildman–Crippen LogP) is 4.20. The van der Waals surface area contributed by atoms with E-state index in [0.29, 0.717) is 24.7 Å². The average Bonchev–Trinajstić information content (AvgIpc) is 2.89. The van der Waals surface area contributed by atoms with Gasteiger partial charge in [-0.25, -0.2) is 13.2 Å². The SMILES string of the molecule is Cc1ccc(S(C)(=O)=O)cc1NC(=O)N1CCCC(c2ccccc2)CC1. The molecule has 6 heteroatoms. The molecule has 1 saturated heterocycles. The lowest BCUT2D eigenvalue weighted by atomic mass is 9.92. The van der Waals surface area contributed by atoms with E-state index in [1.165, 1.54) is 17.9 Å². The topological polar surface area (TPSA) is 66.5 Å². The number of sulfone groups is 1. The Morgan fingerprint density at radius 1 is 1.07 bits per heavy atom. The summed E-state index contributed by atoms with van der Waals surface area (Å²) < 4.78 is 23.6. The summed E-state index contributed by atoms with van der Waals surface area (Å²) in [4.78, 5) is 14.8. The molecular weight excluding hydrogens is 360 g/mol. The molecule has 1 heterocycles. The monoisotopic (exact) mass is 386 g/mol. The molecular formula is C21H26N2O3S. The lowest BCUT2D eigenvalue weighted by Gasteiger charge is -2.22. The second-order valence-corrected chi connectivity index (χ2v) is 9.22. The molecule has 1 unspecified atom stereocenters. The number of amides is 2. The van der Waals surface area contributed by atoms with E-state index in [1.54, 1.807) is 12.1 Å². The number of carbonyl (C=O) groups excluding carboxylic acids is 1. The van der Waals surface area contributed by atoms with Crippen LogP contribution in [0.5, 0.6) is 0 Å². The number of urea groups is 1. The predicted molar refractivity (Wildman–Crippen MR) is 108 cm³/mol. The Kier molecular flexibility index (Phi) is 5.85. The van der Waals surface area contributed by atoms with Gasteiger partial charge in [0.15, 0.2) is 9.84 Å². The van der Waals surface area contributed by atoms with Gasteiger partial charge in [0.25, 0.3) is 0 Å². The lowest BCUT2D eigenvalue weighted by molar-refractivity contribution is 0.213. The van der Waals surface area contributed by atoms with Crippen LogP contribution in [0, 0.1) is 6.92 Å². The van der Waals surface area contributed by atoms with Gasteiger partial charge >= 0.3 is 6.03 Å². The van der Waals surface area contributed by atoms with Crippen molar-refractivity contribution < 1.29 is 13.2 Å². The number of hydrogen-bond acceptors (Lipinski definition) is 3. The normalized spacial score (nSPS) is 18.0. The molecule has 0 radical (unpaired) electrons. The summed E-state index contributed by atoms with van der Waals surface area (Å²) >= 11 is 0. The van der Waals surface area contributed by atoms with E-state index in [0.717, 1.165) is 24.8 Å². The van der Waals surface area contributed by atoms with Crippen molar-refractivity contribution in [1.82, 2.24) is 4.90 Å². The summed E-state index contributed by atoms with van der Waals surface area (Å²) in [5.74, 6) is 0.472. The van der Waals surface area contributed by atoms with Gasteiger partial charge in [-0.1, -0.05) is 36.4 Å². The Morgan fingerprint density at radius 3 is 2.52 bits per heavy atom. The fourth-order valence-corrected chi connectivity index (χ4v) is 4.17. The van der Waals surface area contributed by atoms with E-state index in [2.05, 4.69) is 29.6 Å². The van der Waals surface area contributed by atoms with E-state index >= 15 is 0 Å². The van der Waals surface area contributed by atoms with E-state index in [1.807, 2.05) is 17.9 Å². The zero-order chi connectivity index (χ0) is 19.4.